The molecule has 0 spiro atoms. The minimum atomic E-state index is 0.569. The van der Waals surface area contributed by atoms with Gasteiger partial charge in [-0.2, -0.15) is 0 Å². The summed E-state index contributed by atoms with van der Waals surface area (Å²) in [5.74, 6) is 0.818. The lowest BCUT2D eigenvalue weighted by atomic mass is 10.0. The van der Waals surface area contributed by atoms with Gasteiger partial charge in [0.05, 0.1) is 0 Å². The van der Waals surface area contributed by atoms with Crippen LogP contribution < -0.4 is 5.32 Å². The highest BCUT2D eigenvalue weighted by atomic mass is 14.9. The van der Waals surface area contributed by atoms with E-state index in [0.29, 0.717) is 12.1 Å². The van der Waals surface area contributed by atoms with Crippen LogP contribution in [0, 0.1) is 5.92 Å². The molecule has 0 aliphatic rings. The molecule has 0 aromatic heterocycles. The summed E-state index contributed by atoms with van der Waals surface area (Å²) in [6.07, 6.45) is 5.63. The Hall–Kier alpha value is -0.300. The first-order chi connectivity index (χ1) is 6.06. The molecule has 0 rings (SSSR count). The van der Waals surface area contributed by atoms with Crippen molar-refractivity contribution in [2.45, 2.75) is 59.0 Å². The quantitative estimate of drug-likeness (QED) is 0.597. The van der Waals surface area contributed by atoms with E-state index in [1.807, 2.05) is 6.08 Å². The second-order valence-electron chi connectivity index (χ2n) is 4.46. The Morgan fingerprint density at radius 3 is 2.15 bits per heavy atom. The molecule has 0 saturated carbocycles. The monoisotopic (exact) mass is 183 g/mol. The van der Waals surface area contributed by atoms with Crippen molar-refractivity contribution in [3.63, 3.8) is 0 Å². The molecule has 0 aliphatic carbocycles. The highest BCUT2D eigenvalue weighted by molar-refractivity contribution is 4.76. The smallest absolute Gasteiger partial charge is 0.00756 e. The van der Waals surface area contributed by atoms with E-state index >= 15 is 0 Å². The van der Waals surface area contributed by atoms with Crippen LogP contribution in [-0.4, -0.2) is 12.1 Å². The van der Waals surface area contributed by atoms with Crippen molar-refractivity contribution in [2.75, 3.05) is 0 Å². The van der Waals surface area contributed by atoms with E-state index in [-0.39, 0.29) is 0 Å². The zero-order valence-electron chi connectivity index (χ0n) is 9.64. The van der Waals surface area contributed by atoms with E-state index in [2.05, 4.69) is 39.6 Å². The van der Waals surface area contributed by atoms with Crippen LogP contribution in [-0.2, 0) is 0 Å². The normalized spacial score (nSPS) is 15.8. The second-order valence-corrected chi connectivity index (χ2v) is 4.46. The first-order valence-corrected chi connectivity index (χ1v) is 5.43. The summed E-state index contributed by atoms with van der Waals surface area (Å²) in [5.41, 5.74) is 0. The fraction of sp³-hybridized carbons (Fsp3) is 0.833. The molecule has 13 heavy (non-hydrogen) atoms. The molecule has 0 aromatic rings. The molecule has 2 unspecified atom stereocenters. The van der Waals surface area contributed by atoms with E-state index in [4.69, 9.17) is 0 Å². The third-order valence-corrected chi connectivity index (χ3v) is 2.27. The van der Waals surface area contributed by atoms with E-state index < -0.39 is 0 Å². The van der Waals surface area contributed by atoms with Gasteiger partial charge in [-0.05, 0) is 39.0 Å². The Labute approximate surface area is 83.6 Å². The molecule has 0 bridgehead atoms. The molecule has 78 valence electrons. The van der Waals surface area contributed by atoms with E-state index in [9.17, 15) is 0 Å². The van der Waals surface area contributed by atoms with Crippen LogP contribution in [0.15, 0.2) is 12.7 Å². The number of hydrogen-bond donors (Lipinski definition) is 1. The van der Waals surface area contributed by atoms with Crippen molar-refractivity contribution in [1.29, 1.82) is 0 Å². The summed E-state index contributed by atoms with van der Waals surface area (Å²) in [4.78, 5) is 0. The predicted octanol–water partition coefficient (Wildman–Crippen LogP) is 3.37. The molecular weight excluding hydrogens is 158 g/mol. The second kappa shape index (κ2) is 7.14. The van der Waals surface area contributed by atoms with Crippen molar-refractivity contribution in [3.05, 3.63) is 12.7 Å². The zero-order valence-corrected chi connectivity index (χ0v) is 9.64. The summed E-state index contributed by atoms with van der Waals surface area (Å²) < 4.78 is 0. The average molecular weight is 183 g/mol. The van der Waals surface area contributed by atoms with Gasteiger partial charge in [-0.3, -0.25) is 0 Å². The van der Waals surface area contributed by atoms with Gasteiger partial charge in [-0.15, -0.1) is 6.58 Å². The van der Waals surface area contributed by atoms with E-state index in [1.165, 1.54) is 12.8 Å². The van der Waals surface area contributed by atoms with Crippen LogP contribution in [0.25, 0.3) is 0 Å². The molecular formula is C12H25N. The first-order valence-electron chi connectivity index (χ1n) is 5.43. The van der Waals surface area contributed by atoms with Crippen LogP contribution in [0.2, 0.25) is 0 Å². The fourth-order valence-electron chi connectivity index (χ4n) is 1.47. The molecule has 1 N–H and O–H groups in total. The van der Waals surface area contributed by atoms with Gasteiger partial charge >= 0.3 is 0 Å². The Kier molecular flexibility index (Phi) is 6.97. The molecule has 1 heteroatoms. The molecule has 0 aromatic carbocycles. The van der Waals surface area contributed by atoms with Crippen molar-refractivity contribution in [2.24, 2.45) is 5.92 Å². The lowest BCUT2D eigenvalue weighted by Gasteiger charge is -2.19. The molecule has 0 fully saturated rings. The van der Waals surface area contributed by atoms with Gasteiger partial charge in [0.1, 0.15) is 0 Å². The Morgan fingerprint density at radius 2 is 1.69 bits per heavy atom. The standard InChI is InChI=1S/C12H25N/c1-6-7-11(4)13-12(5)9-8-10(2)3/h6,10-13H,1,7-9H2,2-5H3. The lowest BCUT2D eigenvalue weighted by molar-refractivity contribution is 0.412. The van der Waals surface area contributed by atoms with Gasteiger partial charge < -0.3 is 5.32 Å². The van der Waals surface area contributed by atoms with Gasteiger partial charge in [-0.1, -0.05) is 19.9 Å². The Bertz CT molecular complexity index is 129. The first kappa shape index (κ1) is 12.7. The highest BCUT2D eigenvalue weighted by Gasteiger charge is 2.06. The molecule has 1 nitrogen and oxygen atoms in total. The number of hydrogen-bond acceptors (Lipinski definition) is 1. The lowest BCUT2D eigenvalue weighted by Crippen LogP contribution is -2.34. The Morgan fingerprint density at radius 1 is 1.08 bits per heavy atom. The fourth-order valence-corrected chi connectivity index (χ4v) is 1.47. The average Bonchev–Trinajstić information content (AvgIpc) is 2.01. The van der Waals surface area contributed by atoms with Crippen LogP contribution in [0.5, 0.6) is 0 Å². The van der Waals surface area contributed by atoms with Gasteiger partial charge in [-0.25, -0.2) is 0 Å². The van der Waals surface area contributed by atoms with Crippen molar-refractivity contribution in [1.82, 2.24) is 5.32 Å². The summed E-state index contributed by atoms with van der Waals surface area (Å²) in [7, 11) is 0. The molecule has 0 heterocycles. The van der Waals surface area contributed by atoms with Crippen LogP contribution in [0.4, 0.5) is 0 Å². The summed E-state index contributed by atoms with van der Waals surface area (Å²) in [6.45, 7) is 12.8. The molecule has 0 amide bonds. The largest absolute Gasteiger partial charge is 0.311 e. The SMILES string of the molecule is C=CCC(C)NC(C)CCC(C)C. The zero-order chi connectivity index (χ0) is 10.3. The maximum Gasteiger partial charge on any atom is 0.00756 e. The molecule has 0 radical (unpaired) electrons. The van der Waals surface area contributed by atoms with E-state index in [1.54, 1.807) is 0 Å². The molecule has 0 saturated heterocycles. The van der Waals surface area contributed by atoms with Crippen molar-refractivity contribution >= 4 is 0 Å². The van der Waals surface area contributed by atoms with Crippen molar-refractivity contribution in [3.8, 4) is 0 Å². The third kappa shape index (κ3) is 8.04. The summed E-state index contributed by atoms with van der Waals surface area (Å²) in [5, 5.41) is 3.56. The maximum atomic E-state index is 3.74. The summed E-state index contributed by atoms with van der Waals surface area (Å²) >= 11 is 0. The topological polar surface area (TPSA) is 12.0 Å². The van der Waals surface area contributed by atoms with Gasteiger partial charge in [0.2, 0.25) is 0 Å². The van der Waals surface area contributed by atoms with Gasteiger partial charge in [0, 0.05) is 12.1 Å². The highest BCUT2D eigenvalue weighted by Crippen LogP contribution is 2.07. The van der Waals surface area contributed by atoms with Crippen LogP contribution in [0.1, 0.15) is 47.0 Å². The minimum Gasteiger partial charge on any atom is -0.311 e. The minimum absolute atomic E-state index is 0.569. The van der Waals surface area contributed by atoms with Gasteiger partial charge in [0.25, 0.3) is 0 Å². The van der Waals surface area contributed by atoms with Crippen molar-refractivity contribution < 1.29 is 0 Å². The Balaban J connectivity index is 3.48. The maximum absolute atomic E-state index is 3.74. The van der Waals surface area contributed by atoms with E-state index in [0.717, 1.165) is 12.3 Å². The third-order valence-electron chi connectivity index (χ3n) is 2.27. The summed E-state index contributed by atoms with van der Waals surface area (Å²) in [6, 6.07) is 1.21. The number of nitrogens with one attached hydrogen (secondary N) is 1. The molecule has 0 aliphatic heterocycles. The van der Waals surface area contributed by atoms with Crippen LogP contribution in [0.3, 0.4) is 0 Å². The van der Waals surface area contributed by atoms with Gasteiger partial charge in [0.15, 0.2) is 0 Å². The predicted molar refractivity (Wildman–Crippen MR) is 60.9 cm³/mol. The van der Waals surface area contributed by atoms with Crippen LogP contribution >= 0.6 is 0 Å². The number of rotatable bonds is 7. The molecule has 2 atom stereocenters.